The second-order valence-electron chi connectivity index (χ2n) is 5.24. The van der Waals surface area contributed by atoms with Gasteiger partial charge in [-0.05, 0) is 17.5 Å². The van der Waals surface area contributed by atoms with Crippen LogP contribution < -0.4 is 11.1 Å². The van der Waals surface area contributed by atoms with Gasteiger partial charge in [0.25, 0.3) is 0 Å². The Labute approximate surface area is 102 Å². The molecule has 0 aliphatic carbocycles. The van der Waals surface area contributed by atoms with Crippen LogP contribution in [0, 0.1) is 10.8 Å². The lowest BCUT2D eigenvalue weighted by atomic mass is 9.92. The Balaban J connectivity index is 2.85. The van der Waals surface area contributed by atoms with Crippen LogP contribution in [0.4, 0.5) is 11.4 Å². The van der Waals surface area contributed by atoms with Crippen molar-refractivity contribution in [3.8, 4) is 0 Å². The van der Waals surface area contributed by atoms with Crippen LogP contribution in [0.1, 0.15) is 32.8 Å². The van der Waals surface area contributed by atoms with Crippen molar-refractivity contribution < 1.29 is 4.79 Å². The summed E-state index contributed by atoms with van der Waals surface area (Å²) in [7, 11) is 0. The molecule has 92 valence electrons. The van der Waals surface area contributed by atoms with Crippen molar-refractivity contribution in [2.75, 3.05) is 11.1 Å². The SMILES string of the molecule is CC(C)(C)CC(=O)Nc1cccc(N)c1C=N. The number of rotatable bonds is 3. The van der Waals surface area contributed by atoms with Crippen LogP contribution in [0.25, 0.3) is 0 Å². The fraction of sp³-hybridized carbons (Fsp3) is 0.385. The fourth-order valence-electron chi connectivity index (χ4n) is 1.53. The highest BCUT2D eigenvalue weighted by molar-refractivity contribution is 6.00. The zero-order valence-electron chi connectivity index (χ0n) is 10.5. The zero-order chi connectivity index (χ0) is 13.1. The Morgan fingerprint density at radius 2 is 2.12 bits per heavy atom. The van der Waals surface area contributed by atoms with Crippen LogP contribution in [-0.4, -0.2) is 12.1 Å². The number of nitrogen functional groups attached to an aromatic ring is 1. The molecule has 1 rings (SSSR count). The molecule has 4 nitrogen and oxygen atoms in total. The number of nitrogens with one attached hydrogen (secondary N) is 2. The minimum absolute atomic E-state index is 0.0603. The second kappa shape index (κ2) is 4.99. The quantitative estimate of drug-likeness (QED) is 0.554. The van der Waals surface area contributed by atoms with Crippen LogP contribution in [0.5, 0.6) is 0 Å². The van der Waals surface area contributed by atoms with Gasteiger partial charge in [-0.15, -0.1) is 0 Å². The molecule has 0 radical (unpaired) electrons. The number of nitrogens with two attached hydrogens (primary N) is 1. The van der Waals surface area contributed by atoms with E-state index >= 15 is 0 Å². The molecule has 0 aliphatic rings. The summed E-state index contributed by atoms with van der Waals surface area (Å²) >= 11 is 0. The predicted molar refractivity (Wildman–Crippen MR) is 71.4 cm³/mol. The Kier molecular flexibility index (Phi) is 3.89. The first-order chi connectivity index (χ1) is 7.83. The molecule has 0 heterocycles. The molecule has 0 saturated heterocycles. The number of amides is 1. The smallest absolute Gasteiger partial charge is 0.224 e. The van der Waals surface area contributed by atoms with Gasteiger partial charge in [-0.2, -0.15) is 0 Å². The topological polar surface area (TPSA) is 79.0 Å². The van der Waals surface area contributed by atoms with Crippen LogP contribution in [0.15, 0.2) is 18.2 Å². The standard InChI is InChI=1S/C13H19N3O/c1-13(2,3)7-12(17)16-11-6-4-5-10(15)9(11)8-14/h4-6,8,14H,7,15H2,1-3H3,(H,16,17). The first kappa shape index (κ1) is 13.2. The van der Waals surface area contributed by atoms with Crippen molar-refractivity contribution in [3.05, 3.63) is 23.8 Å². The van der Waals surface area contributed by atoms with Gasteiger partial charge < -0.3 is 16.5 Å². The molecule has 0 atom stereocenters. The summed E-state index contributed by atoms with van der Waals surface area (Å²) in [6.07, 6.45) is 1.58. The maximum absolute atomic E-state index is 11.8. The van der Waals surface area contributed by atoms with Gasteiger partial charge in [0.2, 0.25) is 5.91 Å². The van der Waals surface area contributed by atoms with Gasteiger partial charge in [0.1, 0.15) is 0 Å². The van der Waals surface area contributed by atoms with E-state index in [9.17, 15) is 4.79 Å². The van der Waals surface area contributed by atoms with Gasteiger partial charge in [0.05, 0.1) is 5.69 Å². The molecule has 0 saturated carbocycles. The maximum atomic E-state index is 11.8. The molecule has 17 heavy (non-hydrogen) atoms. The first-order valence-corrected chi connectivity index (χ1v) is 5.52. The van der Waals surface area contributed by atoms with E-state index in [2.05, 4.69) is 5.32 Å². The highest BCUT2D eigenvalue weighted by atomic mass is 16.1. The molecule has 1 amide bonds. The van der Waals surface area contributed by atoms with Gasteiger partial charge in [-0.1, -0.05) is 26.8 Å². The molecule has 0 aromatic heterocycles. The Bertz CT molecular complexity index is 433. The fourth-order valence-corrected chi connectivity index (χ4v) is 1.53. The molecular weight excluding hydrogens is 214 g/mol. The highest BCUT2D eigenvalue weighted by Gasteiger charge is 2.16. The maximum Gasteiger partial charge on any atom is 0.224 e. The average Bonchev–Trinajstić information content (AvgIpc) is 2.14. The lowest BCUT2D eigenvalue weighted by molar-refractivity contribution is -0.117. The van der Waals surface area contributed by atoms with Crippen LogP contribution in [-0.2, 0) is 4.79 Å². The minimum atomic E-state index is -0.0637. The Morgan fingerprint density at radius 3 is 2.65 bits per heavy atom. The van der Waals surface area contributed by atoms with Crippen LogP contribution in [0.3, 0.4) is 0 Å². The summed E-state index contributed by atoms with van der Waals surface area (Å²) < 4.78 is 0. The van der Waals surface area contributed by atoms with E-state index in [0.717, 1.165) is 6.21 Å². The lowest BCUT2D eigenvalue weighted by Crippen LogP contribution is -2.20. The highest BCUT2D eigenvalue weighted by Crippen LogP contribution is 2.23. The molecule has 1 aromatic carbocycles. The van der Waals surface area contributed by atoms with E-state index in [-0.39, 0.29) is 11.3 Å². The normalized spacial score (nSPS) is 11.0. The molecule has 0 spiro atoms. The van der Waals surface area contributed by atoms with Gasteiger partial charge in [0, 0.05) is 23.9 Å². The summed E-state index contributed by atoms with van der Waals surface area (Å²) in [5.74, 6) is -0.0637. The second-order valence-corrected chi connectivity index (χ2v) is 5.24. The molecule has 4 heteroatoms. The summed E-state index contributed by atoms with van der Waals surface area (Å²) in [6.45, 7) is 6.01. The van der Waals surface area contributed by atoms with Crippen molar-refractivity contribution in [1.82, 2.24) is 0 Å². The van der Waals surface area contributed by atoms with E-state index in [1.165, 1.54) is 0 Å². The Morgan fingerprint density at radius 1 is 1.47 bits per heavy atom. The average molecular weight is 233 g/mol. The number of benzene rings is 1. The summed E-state index contributed by atoms with van der Waals surface area (Å²) in [6, 6.07) is 5.21. The summed E-state index contributed by atoms with van der Waals surface area (Å²) in [5.41, 5.74) is 7.31. The number of hydrogen-bond donors (Lipinski definition) is 3. The summed E-state index contributed by atoms with van der Waals surface area (Å²) in [5, 5.41) is 10.1. The molecule has 0 fully saturated rings. The predicted octanol–water partition coefficient (Wildman–Crippen LogP) is 2.64. The third kappa shape index (κ3) is 3.90. The van der Waals surface area contributed by atoms with Crippen molar-refractivity contribution in [1.29, 1.82) is 5.41 Å². The number of carbonyl (C=O) groups excluding carboxylic acids is 1. The third-order valence-corrected chi connectivity index (χ3v) is 2.25. The number of carbonyl (C=O) groups is 1. The van der Waals surface area contributed by atoms with E-state index in [0.29, 0.717) is 23.4 Å². The van der Waals surface area contributed by atoms with Crippen LogP contribution in [0.2, 0.25) is 0 Å². The van der Waals surface area contributed by atoms with E-state index < -0.39 is 0 Å². The minimum Gasteiger partial charge on any atom is -0.398 e. The van der Waals surface area contributed by atoms with E-state index in [1.54, 1.807) is 18.2 Å². The Hall–Kier alpha value is -1.84. The third-order valence-electron chi connectivity index (χ3n) is 2.25. The van der Waals surface area contributed by atoms with Gasteiger partial charge in [-0.25, -0.2) is 0 Å². The van der Waals surface area contributed by atoms with Crippen molar-refractivity contribution >= 4 is 23.5 Å². The molecule has 0 aliphatic heterocycles. The molecule has 4 N–H and O–H groups in total. The molecular formula is C13H19N3O. The van der Waals surface area contributed by atoms with Crippen molar-refractivity contribution in [3.63, 3.8) is 0 Å². The molecule has 1 aromatic rings. The van der Waals surface area contributed by atoms with Gasteiger partial charge in [0.15, 0.2) is 0 Å². The summed E-state index contributed by atoms with van der Waals surface area (Å²) in [4.78, 5) is 11.8. The van der Waals surface area contributed by atoms with Crippen molar-refractivity contribution in [2.24, 2.45) is 5.41 Å². The monoisotopic (exact) mass is 233 g/mol. The number of hydrogen-bond acceptors (Lipinski definition) is 3. The largest absolute Gasteiger partial charge is 0.398 e. The van der Waals surface area contributed by atoms with Gasteiger partial charge >= 0.3 is 0 Å². The zero-order valence-corrected chi connectivity index (χ0v) is 10.5. The van der Waals surface area contributed by atoms with Crippen LogP contribution >= 0.6 is 0 Å². The van der Waals surface area contributed by atoms with Gasteiger partial charge in [-0.3, -0.25) is 4.79 Å². The first-order valence-electron chi connectivity index (χ1n) is 5.52. The lowest BCUT2D eigenvalue weighted by Gasteiger charge is -2.18. The van der Waals surface area contributed by atoms with E-state index in [1.807, 2.05) is 20.8 Å². The molecule has 0 unspecified atom stereocenters. The van der Waals surface area contributed by atoms with E-state index in [4.69, 9.17) is 11.1 Å². The van der Waals surface area contributed by atoms with Crippen molar-refractivity contribution in [2.45, 2.75) is 27.2 Å². The molecule has 0 bridgehead atoms. The number of anilines is 2.